The average molecular weight is 290 g/mol. The fraction of sp³-hybridized carbons (Fsp3) is 0.500. The predicted molar refractivity (Wildman–Crippen MR) is 78.7 cm³/mol. The molecular weight excluding hydrogens is 271 g/mol. The second kappa shape index (κ2) is 5.24. The zero-order valence-electron chi connectivity index (χ0n) is 12.9. The minimum absolute atomic E-state index is 0.216. The normalized spacial score (nSPS) is 19.4. The molecule has 21 heavy (non-hydrogen) atoms. The van der Waals surface area contributed by atoms with Crippen LogP contribution in [0, 0.1) is 0 Å². The van der Waals surface area contributed by atoms with E-state index in [1.807, 2.05) is 27.7 Å². The highest BCUT2D eigenvalue weighted by atomic mass is 16.7. The lowest BCUT2D eigenvalue weighted by atomic mass is 9.81. The van der Waals surface area contributed by atoms with Gasteiger partial charge in [0.2, 0.25) is 0 Å². The lowest BCUT2D eigenvalue weighted by Gasteiger charge is -2.32. The maximum atomic E-state index is 11.7. The molecule has 0 spiro atoms. The summed E-state index contributed by atoms with van der Waals surface area (Å²) in [5, 5.41) is 2.50. The summed E-state index contributed by atoms with van der Waals surface area (Å²) in [7, 11) is 0.742. The smallest absolute Gasteiger partial charge is 0.398 e. The Morgan fingerprint density at radius 2 is 1.81 bits per heavy atom. The molecule has 1 aromatic rings. The van der Waals surface area contributed by atoms with Crippen LogP contribution in [0.25, 0.3) is 0 Å². The highest BCUT2D eigenvalue weighted by Crippen LogP contribution is 2.36. The van der Waals surface area contributed by atoms with E-state index in [1.165, 1.54) is 13.1 Å². The zero-order valence-corrected chi connectivity index (χ0v) is 12.9. The number of hydrogen-bond acceptors (Lipinski definition) is 5. The first kappa shape index (κ1) is 15.7. The molecule has 0 bridgehead atoms. The number of aromatic nitrogens is 1. The minimum Gasteiger partial charge on any atom is -0.398 e. The van der Waals surface area contributed by atoms with Gasteiger partial charge in [0.1, 0.15) is 5.69 Å². The van der Waals surface area contributed by atoms with Crippen molar-refractivity contribution in [1.82, 2.24) is 10.3 Å². The molecule has 0 atom stereocenters. The standard InChI is InChI=1S/C14H19BN2O4/c1-13(2)14(3,4)21-15(20-13)11-9(8-18)6-7-10(17-11)12(19)16-5/h6-8H,1-5H3,(H,16,19). The number of carbonyl (C=O) groups excluding carboxylic acids is 2. The topological polar surface area (TPSA) is 77.5 Å². The Balaban J connectivity index is 2.44. The van der Waals surface area contributed by atoms with Gasteiger partial charge in [-0.05, 0) is 39.8 Å². The molecule has 0 radical (unpaired) electrons. The molecule has 112 valence electrons. The molecule has 1 saturated heterocycles. The summed E-state index contributed by atoms with van der Waals surface area (Å²) in [6, 6.07) is 3.04. The van der Waals surface area contributed by atoms with Crippen LogP contribution >= 0.6 is 0 Å². The SMILES string of the molecule is CNC(=O)c1ccc(C=O)c(B2OC(C)(C)C(C)(C)O2)n1. The van der Waals surface area contributed by atoms with Gasteiger partial charge in [0, 0.05) is 12.6 Å². The van der Waals surface area contributed by atoms with Crippen LogP contribution in [0.15, 0.2) is 12.1 Å². The molecule has 1 fully saturated rings. The van der Waals surface area contributed by atoms with Gasteiger partial charge in [-0.1, -0.05) is 0 Å². The van der Waals surface area contributed by atoms with Crippen LogP contribution < -0.4 is 10.9 Å². The van der Waals surface area contributed by atoms with Gasteiger partial charge in [0.15, 0.2) is 6.29 Å². The molecule has 0 aliphatic carbocycles. The van der Waals surface area contributed by atoms with Crippen molar-refractivity contribution in [3.8, 4) is 0 Å². The summed E-state index contributed by atoms with van der Waals surface area (Å²) in [4.78, 5) is 27.1. The first-order chi connectivity index (χ1) is 9.71. The summed E-state index contributed by atoms with van der Waals surface area (Å²) in [6.07, 6.45) is 0.682. The molecule has 2 heterocycles. The van der Waals surface area contributed by atoms with E-state index in [-0.39, 0.29) is 11.6 Å². The Morgan fingerprint density at radius 1 is 1.24 bits per heavy atom. The molecule has 0 unspecified atom stereocenters. The van der Waals surface area contributed by atoms with Crippen molar-refractivity contribution >= 4 is 24.9 Å². The summed E-state index contributed by atoms with van der Waals surface area (Å²) >= 11 is 0. The predicted octanol–water partition coefficient (Wildman–Crippen LogP) is 0.553. The van der Waals surface area contributed by atoms with Crippen LogP contribution in [0.4, 0.5) is 0 Å². The zero-order chi connectivity index (χ0) is 15.8. The molecule has 1 aliphatic heterocycles. The van der Waals surface area contributed by atoms with Crippen molar-refractivity contribution in [2.75, 3.05) is 7.05 Å². The van der Waals surface area contributed by atoms with Crippen molar-refractivity contribution in [3.05, 3.63) is 23.4 Å². The van der Waals surface area contributed by atoms with Crippen LogP contribution in [0.5, 0.6) is 0 Å². The molecule has 1 aliphatic rings. The monoisotopic (exact) mass is 290 g/mol. The fourth-order valence-corrected chi connectivity index (χ4v) is 1.98. The molecule has 1 amide bonds. The van der Waals surface area contributed by atoms with Gasteiger partial charge in [0.05, 0.1) is 16.8 Å². The maximum Gasteiger partial charge on any atom is 0.515 e. The van der Waals surface area contributed by atoms with Crippen molar-refractivity contribution in [3.63, 3.8) is 0 Å². The third-order valence-electron chi connectivity index (χ3n) is 4.02. The first-order valence-electron chi connectivity index (χ1n) is 6.75. The van der Waals surface area contributed by atoms with E-state index in [1.54, 1.807) is 6.07 Å². The minimum atomic E-state index is -0.778. The third kappa shape index (κ3) is 2.71. The van der Waals surface area contributed by atoms with Gasteiger partial charge in [-0.2, -0.15) is 0 Å². The van der Waals surface area contributed by atoms with E-state index in [9.17, 15) is 9.59 Å². The van der Waals surface area contributed by atoms with E-state index in [4.69, 9.17) is 9.31 Å². The molecular formula is C14H19BN2O4. The number of rotatable bonds is 3. The molecule has 0 aromatic carbocycles. The number of hydrogen-bond donors (Lipinski definition) is 1. The molecule has 6 nitrogen and oxygen atoms in total. The average Bonchev–Trinajstić information content (AvgIpc) is 2.65. The first-order valence-corrected chi connectivity index (χ1v) is 6.75. The van der Waals surface area contributed by atoms with E-state index in [0.717, 1.165) is 0 Å². The van der Waals surface area contributed by atoms with Crippen LogP contribution in [-0.4, -0.2) is 42.5 Å². The van der Waals surface area contributed by atoms with E-state index >= 15 is 0 Å². The lowest BCUT2D eigenvalue weighted by molar-refractivity contribution is 0.00578. The highest BCUT2D eigenvalue weighted by molar-refractivity contribution is 6.62. The van der Waals surface area contributed by atoms with Gasteiger partial charge >= 0.3 is 7.12 Å². The van der Waals surface area contributed by atoms with E-state index in [2.05, 4.69) is 10.3 Å². The Labute approximate surface area is 124 Å². The third-order valence-corrected chi connectivity index (χ3v) is 4.02. The Hall–Kier alpha value is -1.73. The van der Waals surface area contributed by atoms with E-state index < -0.39 is 18.3 Å². The molecule has 1 aromatic heterocycles. The molecule has 0 saturated carbocycles. The molecule has 7 heteroatoms. The van der Waals surface area contributed by atoms with Crippen LogP contribution in [0.1, 0.15) is 48.5 Å². The Morgan fingerprint density at radius 3 is 2.29 bits per heavy atom. The second-order valence-corrected chi connectivity index (χ2v) is 5.96. The lowest BCUT2D eigenvalue weighted by Crippen LogP contribution is -2.41. The summed E-state index contributed by atoms with van der Waals surface area (Å²) < 4.78 is 11.8. The highest BCUT2D eigenvalue weighted by Gasteiger charge is 2.53. The number of nitrogens with zero attached hydrogens (tertiary/aromatic N) is 1. The van der Waals surface area contributed by atoms with E-state index in [0.29, 0.717) is 17.4 Å². The van der Waals surface area contributed by atoms with Crippen molar-refractivity contribution in [2.24, 2.45) is 0 Å². The number of carbonyl (C=O) groups is 2. The maximum absolute atomic E-state index is 11.7. The summed E-state index contributed by atoms with van der Waals surface area (Å²) in [5.41, 5.74) is -0.191. The largest absolute Gasteiger partial charge is 0.515 e. The van der Waals surface area contributed by atoms with Crippen LogP contribution in [-0.2, 0) is 9.31 Å². The number of nitrogens with one attached hydrogen (secondary N) is 1. The van der Waals surface area contributed by atoms with Gasteiger partial charge in [0.25, 0.3) is 5.91 Å². The number of aldehydes is 1. The number of pyridine rings is 1. The van der Waals surface area contributed by atoms with Gasteiger partial charge < -0.3 is 14.6 Å². The van der Waals surface area contributed by atoms with Crippen LogP contribution in [0.2, 0.25) is 0 Å². The quantitative estimate of drug-likeness (QED) is 0.650. The van der Waals surface area contributed by atoms with Crippen molar-refractivity contribution in [1.29, 1.82) is 0 Å². The van der Waals surface area contributed by atoms with Gasteiger partial charge in [-0.3, -0.25) is 14.6 Å². The Kier molecular flexibility index (Phi) is 3.90. The molecule has 1 N–H and O–H groups in total. The van der Waals surface area contributed by atoms with Crippen molar-refractivity contribution in [2.45, 2.75) is 38.9 Å². The number of amides is 1. The van der Waals surface area contributed by atoms with Crippen molar-refractivity contribution < 1.29 is 18.9 Å². The van der Waals surface area contributed by atoms with Gasteiger partial charge in [-0.25, -0.2) is 0 Å². The second-order valence-electron chi connectivity index (χ2n) is 5.96. The fourth-order valence-electron chi connectivity index (χ4n) is 1.98. The Bertz CT molecular complexity index is 570. The summed E-state index contributed by atoms with van der Waals surface area (Å²) in [5.74, 6) is -0.329. The van der Waals surface area contributed by atoms with Gasteiger partial charge in [-0.15, -0.1) is 0 Å². The molecule has 2 rings (SSSR count). The van der Waals surface area contributed by atoms with Crippen LogP contribution in [0.3, 0.4) is 0 Å². The summed E-state index contributed by atoms with van der Waals surface area (Å²) in [6.45, 7) is 7.65.